The zero-order valence-corrected chi connectivity index (χ0v) is 11.9. The number of benzene rings is 1. The predicted octanol–water partition coefficient (Wildman–Crippen LogP) is 2.12. The fourth-order valence-electron chi connectivity index (χ4n) is 3.25. The standard InChI is InChI=1S/C16H23FN2O/c17-16-4-2-1-3-14(16)13-18-7-5-15(6-8-18)19-9-11-20-12-10-19/h1-4,15H,5-13H2. The Hall–Kier alpha value is -0.970. The number of halogens is 1. The van der Waals surface area contributed by atoms with E-state index in [-0.39, 0.29) is 5.82 Å². The first-order valence-corrected chi connectivity index (χ1v) is 7.60. The van der Waals surface area contributed by atoms with Gasteiger partial charge in [-0.3, -0.25) is 9.80 Å². The largest absolute Gasteiger partial charge is 0.379 e. The van der Waals surface area contributed by atoms with Gasteiger partial charge in [0.1, 0.15) is 5.82 Å². The Balaban J connectivity index is 1.50. The summed E-state index contributed by atoms with van der Waals surface area (Å²) in [4.78, 5) is 4.93. The van der Waals surface area contributed by atoms with E-state index in [4.69, 9.17) is 4.74 Å². The molecule has 0 spiro atoms. The van der Waals surface area contributed by atoms with Crippen molar-refractivity contribution in [3.05, 3.63) is 35.6 Å². The molecule has 2 fully saturated rings. The van der Waals surface area contributed by atoms with Crippen molar-refractivity contribution < 1.29 is 9.13 Å². The second kappa shape index (κ2) is 6.66. The van der Waals surface area contributed by atoms with E-state index in [2.05, 4.69) is 9.80 Å². The van der Waals surface area contributed by atoms with Crippen molar-refractivity contribution >= 4 is 0 Å². The van der Waals surface area contributed by atoms with Gasteiger partial charge in [-0.1, -0.05) is 18.2 Å². The minimum Gasteiger partial charge on any atom is -0.379 e. The third kappa shape index (κ3) is 3.37. The molecule has 20 heavy (non-hydrogen) atoms. The molecule has 2 aliphatic rings. The van der Waals surface area contributed by atoms with Crippen LogP contribution in [-0.2, 0) is 11.3 Å². The molecule has 3 nitrogen and oxygen atoms in total. The predicted molar refractivity (Wildman–Crippen MR) is 77.1 cm³/mol. The summed E-state index contributed by atoms with van der Waals surface area (Å²) in [5.41, 5.74) is 0.817. The van der Waals surface area contributed by atoms with Gasteiger partial charge >= 0.3 is 0 Å². The summed E-state index contributed by atoms with van der Waals surface area (Å²) in [5, 5.41) is 0. The molecule has 0 aromatic heterocycles. The molecule has 0 radical (unpaired) electrons. The van der Waals surface area contributed by atoms with E-state index < -0.39 is 0 Å². The first-order valence-electron chi connectivity index (χ1n) is 7.60. The number of hydrogen-bond donors (Lipinski definition) is 0. The molecule has 0 aliphatic carbocycles. The minimum atomic E-state index is -0.0807. The third-order valence-corrected chi connectivity index (χ3v) is 4.47. The highest BCUT2D eigenvalue weighted by Gasteiger charge is 2.25. The molecule has 2 aliphatic heterocycles. The summed E-state index contributed by atoms with van der Waals surface area (Å²) in [7, 11) is 0. The maximum absolute atomic E-state index is 13.7. The molecule has 1 aromatic rings. The lowest BCUT2D eigenvalue weighted by atomic mass is 10.0. The third-order valence-electron chi connectivity index (χ3n) is 4.47. The molecular formula is C16H23FN2O. The average molecular weight is 278 g/mol. The van der Waals surface area contributed by atoms with Gasteiger partial charge in [-0.2, -0.15) is 0 Å². The fourth-order valence-corrected chi connectivity index (χ4v) is 3.25. The maximum atomic E-state index is 13.7. The van der Waals surface area contributed by atoms with Crippen LogP contribution in [0.2, 0.25) is 0 Å². The van der Waals surface area contributed by atoms with Crippen LogP contribution in [0.3, 0.4) is 0 Å². The number of ether oxygens (including phenoxy) is 1. The molecule has 110 valence electrons. The Kier molecular flexibility index (Phi) is 4.65. The number of likely N-dealkylation sites (tertiary alicyclic amines) is 1. The fraction of sp³-hybridized carbons (Fsp3) is 0.625. The van der Waals surface area contributed by atoms with Crippen LogP contribution in [-0.4, -0.2) is 55.2 Å². The Morgan fingerprint density at radius 3 is 2.45 bits per heavy atom. The lowest BCUT2D eigenvalue weighted by Gasteiger charge is -2.40. The van der Waals surface area contributed by atoms with Crippen LogP contribution in [0.4, 0.5) is 4.39 Å². The van der Waals surface area contributed by atoms with Crippen LogP contribution in [0, 0.1) is 5.82 Å². The molecule has 2 heterocycles. The Morgan fingerprint density at radius 1 is 1.05 bits per heavy atom. The monoisotopic (exact) mass is 278 g/mol. The van der Waals surface area contributed by atoms with Gasteiger partial charge in [-0.25, -0.2) is 4.39 Å². The summed E-state index contributed by atoms with van der Waals surface area (Å²) in [5.74, 6) is -0.0807. The van der Waals surface area contributed by atoms with Crippen molar-refractivity contribution in [3.8, 4) is 0 Å². The first kappa shape index (κ1) is 14.0. The van der Waals surface area contributed by atoms with Gasteiger partial charge < -0.3 is 4.74 Å². The van der Waals surface area contributed by atoms with Crippen LogP contribution >= 0.6 is 0 Å². The van der Waals surface area contributed by atoms with Crippen LogP contribution in [0.1, 0.15) is 18.4 Å². The molecule has 1 aromatic carbocycles. The molecular weight excluding hydrogens is 255 g/mol. The van der Waals surface area contributed by atoms with Gasteiger partial charge in [0.05, 0.1) is 13.2 Å². The van der Waals surface area contributed by atoms with Crippen molar-refractivity contribution in [2.24, 2.45) is 0 Å². The highest BCUT2D eigenvalue weighted by molar-refractivity contribution is 5.17. The van der Waals surface area contributed by atoms with Gasteiger partial charge in [-0.15, -0.1) is 0 Å². The summed E-state index contributed by atoms with van der Waals surface area (Å²) in [6.45, 7) is 6.75. The molecule has 0 atom stereocenters. The Bertz CT molecular complexity index is 426. The van der Waals surface area contributed by atoms with E-state index in [0.29, 0.717) is 6.04 Å². The van der Waals surface area contributed by atoms with Crippen LogP contribution in [0.25, 0.3) is 0 Å². The summed E-state index contributed by atoms with van der Waals surface area (Å²) in [6.07, 6.45) is 2.38. The normalized spacial score (nSPS) is 23.1. The van der Waals surface area contributed by atoms with Gasteiger partial charge in [0, 0.05) is 31.2 Å². The van der Waals surface area contributed by atoms with Crippen molar-refractivity contribution in [2.75, 3.05) is 39.4 Å². The highest BCUT2D eigenvalue weighted by atomic mass is 19.1. The molecule has 0 amide bonds. The smallest absolute Gasteiger partial charge is 0.127 e. The van der Waals surface area contributed by atoms with Crippen LogP contribution < -0.4 is 0 Å². The molecule has 2 saturated heterocycles. The second-order valence-corrected chi connectivity index (χ2v) is 5.75. The topological polar surface area (TPSA) is 15.7 Å². The van der Waals surface area contributed by atoms with E-state index in [1.165, 1.54) is 12.8 Å². The number of morpholine rings is 1. The van der Waals surface area contributed by atoms with E-state index in [0.717, 1.165) is 51.5 Å². The first-order chi connectivity index (χ1) is 9.83. The Morgan fingerprint density at radius 2 is 1.75 bits per heavy atom. The van der Waals surface area contributed by atoms with E-state index in [1.807, 2.05) is 12.1 Å². The summed E-state index contributed by atoms with van der Waals surface area (Å²) in [6, 6.07) is 7.80. The van der Waals surface area contributed by atoms with Crippen molar-refractivity contribution in [3.63, 3.8) is 0 Å². The highest BCUT2D eigenvalue weighted by Crippen LogP contribution is 2.20. The van der Waals surface area contributed by atoms with Crippen molar-refractivity contribution in [1.82, 2.24) is 9.80 Å². The summed E-state index contributed by atoms with van der Waals surface area (Å²) >= 11 is 0. The molecule has 3 rings (SSSR count). The van der Waals surface area contributed by atoms with Gasteiger partial charge in [0.25, 0.3) is 0 Å². The molecule has 4 heteroatoms. The molecule has 0 N–H and O–H groups in total. The molecule has 0 unspecified atom stereocenters. The van der Waals surface area contributed by atoms with Gasteiger partial charge in [0.15, 0.2) is 0 Å². The quantitative estimate of drug-likeness (QED) is 0.842. The van der Waals surface area contributed by atoms with E-state index >= 15 is 0 Å². The molecule has 0 bridgehead atoms. The zero-order valence-electron chi connectivity index (χ0n) is 11.9. The SMILES string of the molecule is Fc1ccccc1CN1CCC(N2CCOCC2)CC1. The second-order valence-electron chi connectivity index (χ2n) is 5.75. The number of rotatable bonds is 3. The van der Waals surface area contributed by atoms with Gasteiger partial charge in [-0.05, 0) is 32.0 Å². The maximum Gasteiger partial charge on any atom is 0.127 e. The number of hydrogen-bond acceptors (Lipinski definition) is 3. The summed E-state index contributed by atoms with van der Waals surface area (Å²) < 4.78 is 19.1. The minimum absolute atomic E-state index is 0.0807. The van der Waals surface area contributed by atoms with E-state index in [1.54, 1.807) is 12.1 Å². The molecule has 0 saturated carbocycles. The van der Waals surface area contributed by atoms with Crippen molar-refractivity contribution in [1.29, 1.82) is 0 Å². The lowest BCUT2D eigenvalue weighted by Crippen LogP contribution is -2.48. The van der Waals surface area contributed by atoms with Crippen LogP contribution in [0.5, 0.6) is 0 Å². The number of piperidine rings is 1. The van der Waals surface area contributed by atoms with Crippen molar-refractivity contribution in [2.45, 2.75) is 25.4 Å². The average Bonchev–Trinajstić information content (AvgIpc) is 2.51. The Labute approximate surface area is 120 Å². The lowest BCUT2D eigenvalue weighted by molar-refractivity contribution is 0.000154. The van der Waals surface area contributed by atoms with Gasteiger partial charge in [0.2, 0.25) is 0 Å². The van der Waals surface area contributed by atoms with E-state index in [9.17, 15) is 4.39 Å². The number of nitrogens with zero attached hydrogens (tertiary/aromatic N) is 2. The van der Waals surface area contributed by atoms with Crippen LogP contribution in [0.15, 0.2) is 24.3 Å². The zero-order chi connectivity index (χ0) is 13.8.